The van der Waals surface area contributed by atoms with Crippen molar-refractivity contribution < 1.29 is 4.42 Å². The molecule has 2 aromatic rings. The number of aromatic nitrogens is 2. The SMILES string of the molecule is CC(CC1CC1)NCc1nnc(-c2ccccc2)o1. The lowest BCUT2D eigenvalue weighted by Gasteiger charge is -2.10. The molecular formula is C15H19N3O. The van der Waals surface area contributed by atoms with Gasteiger partial charge in [0.05, 0.1) is 6.54 Å². The van der Waals surface area contributed by atoms with Crippen LogP contribution in [0.3, 0.4) is 0 Å². The molecule has 0 radical (unpaired) electrons. The van der Waals surface area contributed by atoms with Crippen LogP contribution >= 0.6 is 0 Å². The lowest BCUT2D eigenvalue weighted by molar-refractivity contribution is 0.428. The summed E-state index contributed by atoms with van der Waals surface area (Å²) in [7, 11) is 0. The van der Waals surface area contributed by atoms with Gasteiger partial charge in [-0.1, -0.05) is 31.0 Å². The van der Waals surface area contributed by atoms with E-state index in [1.165, 1.54) is 19.3 Å². The van der Waals surface area contributed by atoms with E-state index in [1.807, 2.05) is 30.3 Å². The standard InChI is InChI=1S/C15H19N3O/c1-11(9-12-7-8-12)16-10-14-17-18-15(19-14)13-5-3-2-4-6-13/h2-6,11-12,16H,7-10H2,1H3. The normalized spacial score (nSPS) is 16.5. The lowest BCUT2D eigenvalue weighted by Crippen LogP contribution is -2.26. The van der Waals surface area contributed by atoms with Crippen LogP contribution < -0.4 is 5.32 Å². The van der Waals surface area contributed by atoms with E-state index in [4.69, 9.17) is 4.42 Å². The van der Waals surface area contributed by atoms with Gasteiger partial charge in [-0.05, 0) is 31.4 Å². The summed E-state index contributed by atoms with van der Waals surface area (Å²) in [6, 6.07) is 10.4. The first-order valence-electron chi connectivity index (χ1n) is 6.92. The minimum absolute atomic E-state index is 0.513. The molecule has 1 N–H and O–H groups in total. The molecule has 1 atom stereocenters. The molecule has 1 aromatic carbocycles. The van der Waals surface area contributed by atoms with Gasteiger partial charge in [-0.15, -0.1) is 10.2 Å². The van der Waals surface area contributed by atoms with Crippen molar-refractivity contribution in [2.24, 2.45) is 5.92 Å². The Labute approximate surface area is 113 Å². The van der Waals surface area contributed by atoms with Crippen LogP contribution in [0.4, 0.5) is 0 Å². The first-order chi connectivity index (χ1) is 9.31. The van der Waals surface area contributed by atoms with Crippen LogP contribution in [0, 0.1) is 5.92 Å². The van der Waals surface area contributed by atoms with Gasteiger partial charge in [-0.3, -0.25) is 0 Å². The molecule has 4 heteroatoms. The molecule has 1 aromatic heterocycles. The highest BCUT2D eigenvalue weighted by atomic mass is 16.4. The van der Waals surface area contributed by atoms with Gasteiger partial charge in [0.2, 0.25) is 11.8 Å². The summed E-state index contributed by atoms with van der Waals surface area (Å²) in [6.07, 6.45) is 4.04. The Bertz CT molecular complexity index is 519. The van der Waals surface area contributed by atoms with Crippen molar-refractivity contribution in [1.29, 1.82) is 0 Å². The Morgan fingerprint density at radius 3 is 2.79 bits per heavy atom. The first kappa shape index (κ1) is 12.4. The summed E-state index contributed by atoms with van der Waals surface area (Å²) in [5.74, 6) is 2.18. The fourth-order valence-corrected chi connectivity index (χ4v) is 2.22. The maximum absolute atomic E-state index is 5.66. The predicted octanol–water partition coefficient (Wildman–Crippen LogP) is 3.01. The largest absolute Gasteiger partial charge is 0.419 e. The van der Waals surface area contributed by atoms with Gasteiger partial charge in [0, 0.05) is 11.6 Å². The van der Waals surface area contributed by atoms with Gasteiger partial charge in [-0.25, -0.2) is 0 Å². The monoisotopic (exact) mass is 257 g/mol. The number of nitrogens with one attached hydrogen (secondary N) is 1. The second-order valence-corrected chi connectivity index (χ2v) is 5.33. The maximum atomic E-state index is 5.66. The minimum Gasteiger partial charge on any atom is -0.419 e. The van der Waals surface area contributed by atoms with E-state index in [9.17, 15) is 0 Å². The van der Waals surface area contributed by atoms with E-state index in [-0.39, 0.29) is 0 Å². The number of hydrogen-bond donors (Lipinski definition) is 1. The quantitative estimate of drug-likeness (QED) is 0.864. The molecule has 1 heterocycles. The Morgan fingerprint density at radius 1 is 1.26 bits per heavy atom. The molecule has 0 aliphatic heterocycles. The van der Waals surface area contributed by atoms with Crippen molar-refractivity contribution in [3.63, 3.8) is 0 Å². The summed E-state index contributed by atoms with van der Waals surface area (Å²) < 4.78 is 5.66. The van der Waals surface area contributed by atoms with Crippen LogP contribution in [0.15, 0.2) is 34.7 Å². The molecule has 19 heavy (non-hydrogen) atoms. The Hall–Kier alpha value is -1.68. The van der Waals surface area contributed by atoms with Crippen LogP contribution in [-0.2, 0) is 6.54 Å². The van der Waals surface area contributed by atoms with Gasteiger partial charge in [0.1, 0.15) is 0 Å². The molecule has 100 valence electrons. The fourth-order valence-electron chi connectivity index (χ4n) is 2.22. The van der Waals surface area contributed by atoms with Gasteiger partial charge < -0.3 is 9.73 Å². The molecule has 0 saturated heterocycles. The van der Waals surface area contributed by atoms with Crippen molar-refractivity contribution in [2.45, 2.75) is 38.8 Å². The van der Waals surface area contributed by atoms with Crippen molar-refractivity contribution in [1.82, 2.24) is 15.5 Å². The zero-order valence-corrected chi connectivity index (χ0v) is 11.2. The van der Waals surface area contributed by atoms with E-state index < -0.39 is 0 Å². The van der Waals surface area contributed by atoms with Crippen molar-refractivity contribution in [2.75, 3.05) is 0 Å². The summed E-state index contributed by atoms with van der Waals surface area (Å²) in [5.41, 5.74) is 0.965. The third kappa shape index (κ3) is 3.41. The van der Waals surface area contributed by atoms with Gasteiger partial charge in [0.15, 0.2) is 0 Å². The topological polar surface area (TPSA) is 51.0 Å². The van der Waals surface area contributed by atoms with E-state index in [0.29, 0.717) is 24.4 Å². The summed E-state index contributed by atoms with van der Waals surface area (Å²) >= 11 is 0. The molecule has 1 fully saturated rings. The number of nitrogens with zero attached hydrogens (tertiary/aromatic N) is 2. The summed E-state index contributed by atoms with van der Waals surface area (Å²) in [4.78, 5) is 0. The number of benzene rings is 1. The molecule has 1 saturated carbocycles. The summed E-state index contributed by atoms with van der Waals surface area (Å²) in [6.45, 7) is 2.86. The van der Waals surface area contributed by atoms with E-state index in [0.717, 1.165) is 11.5 Å². The average molecular weight is 257 g/mol. The first-order valence-corrected chi connectivity index (χ1v) is 6.92. The van der Waals surface area contributed by atoms with Crippen LogP contribution in [0.25, 0.3) is 11.5 Å². The molecule has 4 nitrogen and oxygen atoms in total. The molecule has 0 bridgehead atoms. The molecule has 3 rings (SSSR count). The van der Waals surface area contributed by atoms with Gasteiger partial charge in [0.25, 0.3) is 0 Å². The summed E-state index contributed by atoms with van der Waals surface area (Å²) in [5, 5.41) is 11.6. The molecule has 0 amide bonds. The average Bonchev–Trinajstić information content (AvgIpc) is 3.12. The minimum atomic E-state index is 0.513. The van der Waals surface area contributed by atoms with Crippen LogP contribution in [0.2, 0.25) is 0 Å². The molecular weight excluding hydrogens is 238 g/mol. The lowest BCUT2D eigenvalue weighted by atomic mass is 10.1. The Morgan fingerprint density at radius 2 is 2.05 bits per heavy atom. The highest BCUT2D eigenvalue weighted by Gasteiger charge is 2.23. The Balaban J connectivity index is 1.55. The smallest absolute Gasteiger partial charge is 0.247 e. The van der Waals surface area contributed by atoms with Crippen molar-refractivity contribution >= 4 is 0 Å². The van der Waals surface area contributed by atoms with Gasteiger partial charge in [-0.2, -0.15) is 0 Å². The number of rotatable bonds is 6. The van der Waals surface area contributed by atoms with E-state index >= 15 is 0 Å². The second kappa shape index (κ2) is 5.53. The van der Waals surface area contributed by atoms with Crippen LogP contribution in [-0.4, -0.2) is 16.2 Å². The Kier molecular flexibility index (Phi) is 3.60. The third-order valence-electron chi connectivity index (χ3n) is 3.47. The van der Waals surface area contributed by atoms with E-state index in [2.05, 4.69) is 22.4 Å². The molecule has 0 spiro atoms. The van der Waals surface area contributed by atoms with E-state index in [1.54, 1.807) is 0 Å². The number of hydrogen-bond acceptors (Lipinski definition) is 4. The highest BCUT2D eigenvalue weighted by Crippen LogP contribution is 2.33. The highest BCUT2D eigenvalue weighted by molar-refractivity contribution is 5.51. The molecule has 1 aliphatic rings. The van der Waals surface area contributed by atoms with Crippen molar-refractivity contribution in [3.05, 3.63) is 36.2 Å². The zero-order valence-electron chi connectivity index (χ0n) is 11.2. The van der Waals surface area contributed by atoms with Crippen LogP contribution in [0.5, 0.6) is 0 Å². The fraction of sp³-hybridized carbons (Fsp3) is 0.467. The van der Waals surface area contributed by atoms with Gasteiger partial charge >= 0.3 is 0 Å². The van der Waals surface area contributed by atoms with Crippen molar-refractivity contribution in [3.8, 4) is 11.5 Å². The van der Waals surface area contributed by atoms with Crippen LogP contribution in [0.1, 0.15) is 32.1 Å². The maximum Gasteiger partial charge on any atom is 0.247 e. The second-order valence-electron chi connectivity index (χ2n) is 5.33. The zero-order chi connectivity index (χ0) is 13.1. The third-order valence-corrected chi connectivity index (χ3v) is 3.47. The molecule has 1 unspecified atom stereocenters. The predicted molar refractivity (Wildman–Crippen MR) is 73.4 cm³/mol. The molecule has 1 aliphatic carbocycles.